The molecule has 0 radical (unpaired) electrons. The van der Waals surface area contributed by atoms with Crippen molar-refractivity contribution in [3.63, 3.8) is 0 Å². The molecule has 3 aliphatic rings. The van der Waals surface area contributed by atoms with Gasteiger partial charge in [0.1, 0.15) is 11.4 Å². The SMILES string of the molecule is CCNC(=NCCCN(C)C)ON=C1c2ccc(S(=O)(=O)N3CCCCCCC3)cc2C(=NOC(=NCCCN(C)C)NCC)c2cc(S(=O)(=O)N3CCCCCCC3)ccc21.Cl.Cl.Cl.Cl. The first-order chi connectivity index (χ1) is 29.9. The van der Waals surface area contributed by atoms with Crippen LogP contribution in [0.4, 0.5) is 0 Å². The Morgan fingerprint density at radius 1 is 0.545 bits per heavy atom. The predicted molar refractivity (Wildman–Crippen MR) is 277 cm³/mol. The van der Waals surface area contributed by atoms with Crippen LogP contribution in [0.1, 0.15) is 113 Å². The lowest BCUT2D eigenvalue weighted by molar-refractivity contribution is 0.307. The Bertz CT molecular complexity index is 2020. The quantitative estimate of drug-likeness (QED) is 0.0661. The Kier molecular flexibility index (Phi) is 28.4. The van der Waals surface area contributed by atoms with E-state index >= 15 is 0 Å². The van der Waals surface area contributed by atoms with Gasteiger partial charge in [0.25, 0.3) is 0 Å². The fraction of sp³-hybridized carbons (Fsp3) is 0.636. The van der Waals surface area contributed by atoms with Crippen molar-refractivity contribution in [1.29, 1.82) is 0 Å². The van der Waals surface area contributed by atoms with Crippen LogP contribution in [-0.2, 0) is 29.7 Å². The zero-order valence-electron chi connectivity index (χ0n) is 39.5. The van der Waals surface area contributed by atoms with Gasteiger partial charge in [-0.1, -0.05) is 61.0 Å². The van der Waals surface area contributed by atoms with Crippen LogP contribution < -0.4 is 10.6 Å². The lowest BCUT2D eigenvalue weighted by Gasteiger charge is -2.27. The molecule has 5 rings (SSSR count). The van der Waals surface area contributed by atoms with E-state index in [1.165, 1.54) is 0 Å². The monoisotopic (exact) mass is 1040 g/mol. The highest BCUT2D eigenvalue weighted by Crippen LogP contribution is 2.34. The second-order valence-corrected chi connectivity index (χ2v) is 20.4. The number of nitrogens with zero attached hydrogens (tertiary/aromatic N) is 8. The Balaban J connectivity index is 0.00000544. The number of rotatable bonds is 16. The van der Waals surface area contributed by atoms with Crippen molar-refractivity contribution >= 4 is 93.1 Å². The minimum Gasteiger partial charge on any atom is -0.338 e. The van der Waals surface area contributed by atoms with Crippen LogP contribution in [0.25, 0.3) is 0 Å². The maximum atomic E-state index is 14.4. The standard InChI is InChI=1S/C44H70N10O6S2.4ClH/c1-7-45-43(47-25-19-27-51(3)4)59-49-41-37-23-21-35(61(55,56)53-29-15-11-9-12-16-30-53)33-39(37)42(50-60-44(46-8-2)48-26-20-28-52(5)6)40-34-36(22-24-38(40)41)62(57,58)54-31-17-13-10-14-18-32-54;;;;/h21-24,33-34H,7-20,25-32H2,1-6H3,(H,45,47)(H,46,48);4*1H. The highest BCUT2D eigenvalue weighted by Gasteiger charge is 2.34. The van der Waals surface area contributed by atoms with E-state index in [2.05, 4.69) is 35.6 Å². The fourth-order valence-electron chi connectivity index (χ4n) is 7.72. The molecule has 22 heteroatoms. The van der Waals surface area contributed by atoms with Crippen molar-refractivity contribution in [3.05, 3.63) is 58.7 Å². The molecule has 66 heavy (non-hydrogen) atoms. The molecule has 16 nitrogen and oxygen atoms in total. The van der Waals surface area contributed by atoms with Crippen LogP contribution in [0.5, 0.6) is 0 Å². The number of oxime groups is 2. The summed E-state index contributed by atoms with van der Waals surface area (Å²) in [5, 5.41) is 15.7. The number of hydrogen-bond acceptors (Lipinski definition) is 12. The number of aliphatic imine (C=N–C) groups is 2. The normalized spacial score (nSPS) is 16.6. The zero-order chi connectivity index (χ0) is 44.5. The molecule has 0 bridgehead atoms. The van der Waals surface area contributed by atoms with Gasteiger partial charge in [0, 0.05) is 74.6 Å². The number of benzene rings is 2. The number of hydrogen-bond donors (Lipinski definition) is 2. The van der Waals surface area contributed by atoms with Gasteiger partial charge in [0.2, 0.25) is 20.0 Å². The summed E-state index contributed by atoms with van der Waals surface area (Å²) in [7, 11) is 0.170. The summed E-state index contributed by atoms with van der Waals surface area (Å²) in [6, 6.07) is 10.3. The van der Waals surface area contributed by atoms with Gasteiger partial charge in [-0.3, -0.25) is 0 Å². The van der Waals surface area contributed by atoms with Crippen LogP contribution in [0, 0.1) is 0 Å². The zero-order valence-corrected chi connectivity index (χ0v) is 44.4. The molecule has 2 fully saturated rings. The van der Waals surface area contributed by atoms with Crippen molar-refractivity contribution in [3.8, 4) is 0 Å². The predicted octanol–water partition coefficient (Wildman–Crippen LogP) is 6.97. The summed E-state index contributed by atoms with van der Waals surface area (Å²) in [5.74, 6) is 0. The van der Waals surface area contributed by atoms with Crippen LogP contribution in [0.3, 0.4) is 0 Å². The van der Waals surface area contributed by atoms with Crippen LogP contribution in [-0.4, -0.2) is 152 Å². The van der Waals surface area contributed by atoms with Gasteiger partial charge < -0.3 is 30.1 Å². The van der Waals surface area contributed by atoms with E-state index < -0.39 is 20.0 Å². The number of amidine groups is 2. The number of sulfonamides is 2. The van der Waals surface area contributed by atoms with Gasteiger partial charge in [-0.2, -0.15) is 8.61 Å². The molecule has 2 aliphatic heterocycles. The minimum atomic E-state index is -3.93. The summed E-state index contributed by atoms with van der Waals surface area (Å²) in [6.07, 6.45) is 10.8. The summed E-state index contributed by atoms with van der Waals surface area (Å²) >= 11 is 0. The first kappa shape index (κ1) is 61.2. The molecular weight excluding hydrogens is 970 g/mol. The summed E-state index contributed by atoms with van der Waals surface area (Å²) in [4.78, 5) is 25.8. The lowest BCUT2D eigenvalue weighted by atomic mass is 9.83. The second-order valence-electron chi connectivity index (χ2n) is 16.6. The highest BCUT2D eigenvalue weighted by molar-refractivity contribution is 7.89. The van der Waals surface area contributed by atoms with E-state index in [1.807, 2.05) is 42.0 Å². The molecule has 0 spiro atoms. The molecule has 2 heterocycles. The van der Waals surface area contributed by atoms with E-state index in [0.29, 0.717) is 80.3 Å². The fourth-order valence-corrected chi connectivity index (χ4v) is 10.8. The van der Waals surface area contributed by atoms with Crippen LogP contribution >= 0.6 is 49.6 Å². The van der Waals surface area contributed by atoms with Gasteiger partial charge in [-0.15, -0.1) is 49.6 Å². The van der Waals surface area contributed by atoms with Crippen molar-refractivity contribution in [2.45, 2.75) is 101 Å². The van der Waals surface area contributed by atoms with Crippen molar-refractivity contribution in [2.24, 2.45) is 20.3 Å². The Morgan fingerprint density at radius 3 is 1.21 bits per heavy atom. The summed E-state index contributed by atoms with van der Waals surface area (Å²) in [5.41, 5.74) is 2.45. The van der Waals surface area contributed by atoms with Gasteiger partial charge >= 0.3 is 12.0 Å². The van der Waals surface area contributed by atoms with Crippen molar-refractivity contribution in [2.75, 3.05) is 93.6 Å². The molecule has 376 valence electrons. The van der Waals surface area contributed by atoms with E-state index in [-0.39, 0.29) is 77.2 Å². The average molecular weight is 1050 g/mol. The summed E-state index contributed by atoms with van der Waals surface area (Å²) < 4.78 is 60.9. The van der Waals surface area contributed by atoms with Crippen LogP contribution in [0.2, 0.25) is 0 Å². The van der Waals surface area contributed by atoms with E-state index in [9.17, 15) is 16.8 Å². The van der Waals surface area contributed by atoms with Crippen molar-refractivity contribution in [1.82, 2.24) is 29.0 Å². The van der Waals surface area contributed by atoms with Gasteiger partial charge in [-0.25, -0.2) is 26.8 Å². The largest absolute Gasteiger partial charge is 0.338 e. The molecule has 2 aromatic rings. The molecule has 2 aromatic carbocycles. The van der Waals surface area contributed by atoms with Gasteiger partial charge in [0.15, 0.2) is 0 Å². The molecule has 0 unspecified atom stereocenters. The number of halogens is 4. The third kappa shape index (κ3) is 17.3. The molecule has 2 saturated heterocycles. The first-order valence-corrected chi connectivity index (χ1v) is 25.4. The maximum Gasteiger partial charge on any atom is 0.314 e. The molecule has 0 aromatic heterocycles. The number of nitrogens with one attached hydrogen (secondary N) is 2. The molecule has 0 saturated carbocycles. The first-order valence-electron chi connectivity index (χ1n) is 22.5. The van der Waals surface area contributed by atoms with E-state index in [1.54, 1.807) is 45.0 Å². The Morgan fingerprint density at radius 2 is 0.879 bits per heavy atom. The van der Waals surface area contributed by atoms with Gasteiger partial charge in [0.05, 0.1) is 9.79 Å². The van der Waals surface area contributed by atoms with E-state index in [0.717, 1.165) is 90.1 Å². The number of fused-ring (bicyclic) bond motifs is 2. The molecule has 2 N–H and O–H groups in total. The average Bonchev–Trinajstić information content (AvgIpc) is 3.21. The molecule has 0 amide bonds. The summed E-state index contributed by atoms with van der Waals surface area (Å²) in [6.45, 7) is 9.32. The molecule has 1 aliphatic carbocycles. The Labute approximate surface area is 419 Å². The maximum absolute atomic E-state index is 14.4. The van der Waals surface area contributed by atoms with Gasteiger partial charge in [-0.05, 0) is 118 Å². The second kappa shape index (κ2) is 30.7. The third-order valence-electron chi connectivity index (χ3n) is 11.0. The lowest BCUT2D eigenvalue weighted by Crippen LogP contribution is -2.35. The molecule has 0 atom stereocenters. The Hall–Kier alpha value is -2.78. The smallest absolute Gasteiger partial charge is 0.314 e. The van der Waals surface area contributed by atoms with Crippen LogP contribution in [0.15, 0.2) is 66.5 Å². The minimum absolute atomic E-state index is 0. The van der Waals surface area contributed by atoms with E-state index in [4.69, 9.17) is 14.8 Å². The van der Waals surface area contributed by atoms with Crippen molar-refractivity contribution < 1.29 is 26.5 Å². The third-order valence-corrected chi connectivity index (χ3v) is 14.8. The highest BCUT2D eigenvalue weighted by atomic mass is 35.5. The topological polar surface area (TPSA) is 173 Å². The molecular formula is C44H74Cl4N10O6S2.